The van der Waals surface area contributed by atoms with Crippen molar-refractivity contribution in [1.29, 1.82) is 0 Å². The lowest BCUT2D eigenvalue weighted by atomic mass is 9.85. The zero-order valence-electron chi connectivity index (χ0n) is 15.6. The lowest BCUT2D eigenvalue weighted by Gasteiger charge is -2.34. The van der Waals surface area contributed by atoms with Crippen LogP contribution in [0, 0.1) is 23.5 Å². The van der Waals surface area contributed by atoms with Gasteiger partial charge in [-0.15, -0.1) is 0 Å². The standard InChI is InChI=1S/C21H23F2N3O2/c1-14(20(27)25-19-8-7-16(22)13-18(19)23)15-9-11-26(12-10-15)21(28)24-17-5-3-2-4-6-17/h2-8,13-15H,9-12H2,1H3,(H,24,28)(H,25,27). The van der Waals surface area contributed by atoms with Crippen molar-refractivity contribution in [2.45, 2.75) is 19.8 Å². The normalized spacial score (nSPS) is 15.8. The predicted molar refractivity (Wildman–Crippen MR) is 104 cm³/mol. The van der Waals surface area contributed by atoms with Crippen LogP contribution in [0.15, 0.2) is 48.5 Å². The predicted octanol–water partition coefficient (Wildman–Crippen LogP) is 4.48. The Labute approximate surface area is 162 Å². The summed E-state index contributed by atoms with van der Waals surface area (Å²) in [6, 6.07) is 12.1. The fourth-order valence-electron chi connectivity index (χ4n) is 3.38. The maximum atomic E-state index is 13.7. The van der Waals surface area contributed by atoms with Crippen LogP contribution < -0.4 is 10.6 Å². The van der Waals surface area contributed by atoms with Gasteiger partial charge in [0.2, 0.25) is 5.91 Å². The number of para-hydroxylation sites is 1. The van der Waals surface area contributed by atoms with E-state index in [-0.39, 0.29) is 29.5 Å². The smallest absolute Gasteiger partial charge is 0.321 e. The van der Waals surface area contributed by atoms with Crippen molar-refractivity contribution in [3.8, 4) is 0 Å². The van der Waals surface area contributed by atoms with Gasteiger partial charge in [-0.25, -0.2) is 13.6 Å². The summed E-state index contributed by atoms with van der Waals surface area (Å²) in [6.07, 6.45) is 1.37. The van der Waals surface area contributed by atoms with Gasteiger partial charge < -0.3 is 15.5 Å². The molecule has 5 nitrogen and oxygen atoms in total. The Morgan fingerprint density at radius 2 is 1.71 bits per heavy atom. The molecule has 3 amide bonds. The summed E-state index contributed by atoms with van der Waals surface area (Å²) in [4.78, 5) is 26.5. The van der Waals surface area contributed by atoms with E-state index in [1.54, 1.807) is 11.8 Å². The van der Waals surface area contributed by atoms with Crippen molar-refractivity contribution in [3.63, 3.8) is 0 Å². The molecular formula is C21H23F2N3O2. The molecule has 1 aliphatic heterocycles. The van der Waals surface area contributed by atoms with Crippen molar-refractivity contribution < 1.29 is 18.4 Å². The second-order valence-corrected chi connectivity index (χ2v) is 7.02. The molecule has 1 heterocycles. The Bertz CT molecular complexity index is 837. The Morgan fingerprint density at radius 1 is 1.04 bits per heavy atom. The lowest BCUT2D eigenvalue weighted by Crippen LogP contribution is -2.43. The number of anilines is 2. The number of piperidine rings is 1. The average molecular weight is 387 g/mol. The van der Waals surface area contributed by atoms with Crippen LogP contribution in [0.4, 0.5) is 25.0 Å². The number of carbonyl (C=O) groups is 2. The van der Waals surface area contributed by atoms with Crippen LogP contribution in [0.2, 0.25) is 0 Å². The van der Waals surface area contributed by atoms with E-state index in [0.717, 1.165) is 17.8 Å². The molecule has 28 heavy (non-hydrogen) atoms. The van der Waals surface area contributed by atoms with Gasteiger partial charge in [-0.05, 0) is 43.0 Å². The first kappa shape index (κ1) is 19.8. The summed E-state index contributed by atoms with van der Waals surface area (Å²) < 4.78 is 26.7. The van der Waals surface area contributed by atoms with Crippen molar-refractivity contribution in [2.24, 2.45) is 11.8 Å². The van der Waals surface area contributed by atoms with Crippen LogP contribution in [0.1, 0.15) is 19.8 Å². The van der Waals surface area contributed by atoms with Gasteiger partial charge in [0, 0.05) is 30.8 Å². The molecule has 1 atom stereocenters. The summed E-state index contributed by atoms with van der Waals surface area (Å²) in [5, 5.41) is 5.38. The van der Waals surface area contributed by atoms with Crippen LogP contribution in [-0.4, -0.2) is 29.9 Å². The molecule has 1 fully saturated rings. The molecule has 0 saturated carbocycles. The number of likely N-dealkylation sites (tertiary alicyclic amines) is 1. The van der Waals surface area contributed by atoms with Crippen molar-refractivity contribution in [3.05, 3.63) is 60.2 Å². The molecule has 2 N–H and O–H groups in total. The molecule has 148 valence electrons. The Morgan fingerprint density at radius 3 is 2.36 bits per heavy atom. The van der Waals surface area contributed by atoms with E-state index in [2.05, 4.69) is 10.6 Å². The highest BCUT2D eigenvalue weighted by atomic mass is 19.1. The van der Waals surface area contributed by atoms with Crippen LogP contribution in [-0.2, 0) is 4.79 Å². The van der Waals surface area contributed by atoms with E-state index in [0.29, 0.717) is 25.9 Å². The SMILES string of the molecule is CC(C(=O)Nc1ccc(F)cc1F)C1CCN(C(=O)Nc2ccccc2)CC1. The number of hydrogen-bond acceptors (Lipinski definition) is 2. The van der Waals surface area contributed by atoms with E-state index in [9.17, 15) is 18.4 Å². The van der Waals surface area contributed by atoms with Crippen LogP contribution in [0.3, 0.4) is 0 Å². The zero-order valence-corrected chi connectivity index (χ0v) is 15.6. The molecule has 0 spiro atoms. The Balaban J connectivity index is 1.51. The number of halogens is 2. The number of nitrogens with zero attached hydrogens (tertiary/aromatic N) is 1. The van der Waals surface area contributed by atoms with Gasteiger partial charge in [0.1, 0.15) is 11.6 Å². The molecule has 0 aromatic heterocycles. The second kappa shape index (κ2) is 8.82. The number of urea groups is 1. The maximum absolute atomic E-state index is 13.7. The van der Waals surface area contributed by atoms with Crippen molar-refractivity contribution in [1.82, 2.24) is 4.90 Å². The van der Waals surface area contributed by atoms with E-state index >= 15 is 0 Å². The van der Waals surface area contributed by atoms with Crippen LogP contribution in [0.25, 0.3) is 0 Å². The number of amides is 3. The van der Waals surface area contributed by atoms with E-state index in [1.807, 2.05) is 30.3 Å². The lowest BCUT2D eigenvalue weighted by molar-refractivity contribution is -0.121. The molecule has 1 saturated heterocycles. The molecule has 1 aliphatic rings. The van der Waals surface area contributed by atoms with E-state index < -0.39 is 11.6 Å². The van der Waals surface area contributed by atoms with Crippen LogP contribution >= 0.6 is 0 Å². The summed E-state index contributed by atoms with van der Waals surface area (Å²) in [6.45, 7) is 2.89. The Kier molecular flexibility index (Phi) is 6.23. The van der Waals surface area contributed by atoms with Gasteiger partial charge in [0.25, 0.3) is 0 Å². The summed E-state index contributed by atoms with van der Waals surface area (Å²) in [5.41, 5.74) is 0.710. The minimum absolute atomic E-state index is 0.0297. The third-order valence-electron chi connectivity index (χ3n) is 5.16. The number of nitrogens with one attached hydrogen (secondary N) is 2. The summed E-state index contributed by atoms with van der Waals surface area (Å²) in [5.74, 6) is -2.05. The molecule has 0 bridgehead atoms. The second-order valence-electron chi connectivity index (χ2n) is 7.02. The molecule has 2 aromatic rings. The van der Waals surface area contributed by atoms with Gasteiger partial charge in [-0.3, -0.25) is 4.79 Å². The number of carbonyl (C=O) groups excluding carboxylic acids is 2. The fraction of sp³-hybridized carbons (Fsp3) is 0.333. The number of hydrogen-bond donors (Lipinski definition) is 2. The molecule has 0 aliphatic carbocycles. The molecule has 7 heteroatoms. The highest BCUT2D eigenvalue weighted by Gasteiger charge is 2.30. The van der Waals surface area contributed by atoms with E-state index in [4.69, 9.17) is 0 Å². The highest BCUT2D eigenvalue weighted by Crippen LogP contribution is 2.27. The van der Waals surface area contributed by atoms with E-state index in [1.165, 1.54) is 6.07 Å². The third kappa shape index (κ3) is 4.85. The first-order chi connectivity index (χ1) is 13.4. The first-order valence-electron chi connectivity index (χ1n) is 9.31. The van der Waals surface area contributed by atoms with Gasteiger partial charge >= 0.3 is 6.03 Å². The largest absolute Gasteiger partial charge is 0.325 e. The van der Waals surface area contributed by atoms with Gasteiger partial charge in [-0.2, -0.15) is 0 Å². The summed E-state index contributed by atoms with van der Waals surface area (Å²) >= 11 is 0. The summed E-state index contributed by atoms with van der Waals surface area (Å²) in [7, 11) is 0. The molecular weight excluding hydrogens is 364 g/mol. The number of benzene rings is 2. The first-order valence-corrected chi connectivity index (χ1v) is 9.31. The maximum Gasteiger partial charge on any atom is 0.321 e. The molecule has 0 radical (unpaired) electrons. The van der Waals surface area contributed by atoms with Gasteiger partial charge in [0.15, 0.2) is 0 Å². The topological polar surface area (TPSA) is 61.4 Å². The molecule has 1 unspecified atom stereocenters. The minimum Gasteiger partial charge on any atom is -0.325 e. The third-order valence-corrected chi connectivity index (χ3v) is 5.16. The Hall–Kier alpha value is -2.96. The molecule has 3 rings (SSSR count). The van der Waals surface area contributed by atoms with Gasteiger partial charge in [0.05, 0.1) is 5.69 Å². The van der Waals surface area contributed by atoms with Crippen LogP contribution in [0.5, 0.6) is 0 Å². The monoisotopic (exact) mass is 387 g/mol. The minimum atomic E-state index is -0.798. The number of rotatable bonds is 4. The quantitative estimate of drug-likeness (QED) is 0.812. The zero-order chi connectivity index (χ0) is 20.1. The van der Waals surface area contributed by atoms with Crippen molar-refractivity contribution >= 4 is 23.3 Å². The van der Waals surface area contributed by atoms with Crippen molar-refractivity contribution in [2.75, 3.05) is 23.7 Å². The molecule has 2 aromatic carbocycles. The fourth-order valence-corrected chi connectivity index (χ4v) is 3.38. The highest BCUT2D eigenvalue weighted by molar-refractivity contribution is 5.92. The van der Waals surface area contributed by atoms with Gasteiger partial charge in [-0.1, -0.05) is 25.1 Å². The average Bonchev–Trinajstić information content (AvgIpc) is 2.70.